The summed E-state index contributed by atoms with van der Waals surface area (Å²) in [4.78, 5) is 29.3. The Balaban J connectivity index is 1.82. The van der Waals surface area contributed by atoms with Crippen LogP contribution in [0.4, 0.5) is 5.69 Å². The largest absolute Gasteiger partial charge is 0.366 e. The van der Waals surface area contributed by atoms with E-state index in [0.29, 0.717) is 11.3 Å². The minimum Gasteiger partial charge on any atom is -0.366 e. The number of carbonyl (C=O) groups excluding carboxylic acids is 1. The average Bonchev–Trinajstić information content (AvgIpc) is 3.10. The maximum absolute atomic E-state index is 12.3. The molecule has 4 rings (SSSR count). The summed E-state index contributed by atoms with van der Waals surface area (Å²) in [5.74, 6) is -0.519. The van der Waals surface area contributed by atoms with Crippen molar-refractivity contribution >= 4 is 34.2 Å². The molecule has 1 atom stereocenters. The van der Waals surface area contributed by atoms with Gasteiger partial charge < -0.3 is 10.6 Å². The number of amides is 1. The van der Waals surface area contributed by atoms with E-state index < -0.39 is 16.9 Å². The zero-order valence-corrected chi connectivity index (χ0v) is 15.7. The Kier molecular flexibility index (Phi) is 4.48. The molecule has 0 aromatic heterocycles. The van der Waals surface area contributed by atoms with Gasteiger partial charge in [-0.05, 0) is 30.2 Å². The van der Waals surface area contributed by atoms with Crippen LogP contribution in [0.5, 0.6) is 0 Å². The van der Waals surface area contributed by atoms with Gasteiger partial charge in [0.2, 0.25) is 5.91 Å². The van der Waals surface area contributed by atoms with Crippen molar-refractivity contribution in [2.75, 3.05) is 0 Å². The molecule has 0 spiro atoms. The fraction of sp³-hybridized carbons (Fsp3) is 0.100. The van der Waals surface area contributed by atoms with Crippen molar-refractivity contribution in [3.63, 3.8) is 0 Å². The first-order chi connectivity index (χ1) is 13.5. The molecular weight excluding hydrogens is 376 g/mol. The minimum atomic E-state index is -0.519. The van der Waals surface area contributed by atoms with Crippen LogP contribution in [-0.4, -0.2) is 20.9 Å². The molecule has 8 heteroatoms. The van der Waals surface area contributed by atoms with Gasteiger partial charge in [-0.2, -0.15) is 0 Å². The van der Waals surface area contributed by atoms with E-state index in [4.69, 9.17) is 5.73 Å². The SMILES string of the molecule is CC1=C(C(N)=O)[C@@H](c2ccccc2)N2C(c3ccc([N+](=O)[O-])cc3)=CSC2=N1. The normalized spacial score (nSPS) is 18.5. The summed E-state index contributed by atoms with van der Waals surface area (Å²) in [5, 5.41) is 13.6. The topological polar surface area (TPSA) is 102 Å². The second kappa shape index (κ2) is 6.97. The fourth-order valence-corrected chi connectivity index (χ4v) is 4.38. The molecular formula is C20H16N4O3S. The Morgan fingerprint density at radius 1 is 1.18 bits per heavy atom. The van der Waals surface area contributed by atoms with E-state index in [9.17, 15) is 14.9 Å². The van der Waals surface area contributed by atoms with Gasteiger partial charge in [-0.1, -0.05) is 42.1 Å². The summed E-state index contributed by atoms with van der Waals surface area (Å²) in [6, 6.07) is 15.5. The first-order valence-electron chi connectivity index (χ1n) is 8.52. The number of hydrogen-bond acceptors (Lipinski definition) is 6. The summed E-state index contributed by atoms with van der Waals surface area (Å²) in [7, 11) is 0. The molecule has 2 N–H and O–H groups in total. The van der Waals surface area contributed by atoms with E-state index in [2.05, 4.69) is 4.99 Å². The van der Waals surface area contributed by atoms with Crippen LogP contribution >= 0.6 is 11.8 Å². The van der Waals surface area contributed by atoms with Gasteiger partial charge in [0.15, 0.2) is 5.17 Å². The maximum atomic E-state index is 12.3. The lowest BCUT2D eigenvalue weighted by atomic mass is 9.93. The first kappa shape index (κ1) is 18.0. The molecule has 0 saturated carbocycles. The van der Waals surface area contributed by atoms with E-state index in [1.807, 2.05) is 40.6 Å². The third kappa shape index (κ3) is 2.97. The number of allylic oxidation sites excluding steroid dienone is 1. The van der Waals surface area contributed by atoms with Gasteiger partial charge >= 0.3 is 0 Å². The van der Waals surface area contributed by atoms with Crippen LogP contribution in [-0.2, 0) is 4.79 Å². The molecule has 7 nitrogen and oxygen atoms in total. The number of non-ortho nitro benzene ring substituents is 1. The van der Waals surface area contributed by atoms with Gasteiger partial charge in [0.05, 0.1) is 27.9 Å². The number of benzene rings is 2. The van der Waals surface area contributed by atoms with E-state index in [1.165, 1.54) is 23.9 Å². The second-order valence-corrected chi connectivity index (χ2v) is 7.20. The summed E-state index contributed by atoms with van der Waals surface area (Å²) in [5.41, 5.74) is 9.30. The van der Waals surface area contributed by atoms with E-state index in [0.717, 1.165) is 22.0 Å². The Bertz CT molecular complexity index is 1060. The number of amidine groups is 1. The number of nitro benzene ring substituents is 1. The van der Waals surface area contributed by atoms with Crippen molar-refractivity contribution < 1.29 is 9.72 Å². The van der Waals surface area contributed by atoms with E-state index in [-0.39, 0.29) is 5.69 Å². The van der Waals surface area contributed by atoms with Gasteiger partial charge in [-0.15, -0.1) is 0 Å². The van der Waals surface area contributed by atoms with Crippen LogP contribution < -0.4 is 5.73 Å². The first-order valence-corrected chi connectivity index (χ1v) is 9.40. The van der Waals surface area contributed by atoms with Crippen LogP contribution in [0.1, 0.15) is 24.1 Å². The molecule has 140 valence electrons. The number of aliphatic imine (C=N–C) groups is 1. The quantitative estimate of drug-likeness (QED) is 0.630. The molecule has 2 aliphatic heterocycles. The van der Waals surface area contributed by atoms with Crippen LogP contribution in [0.15, 0.2) is 76.3 Å². The number of nitro groups is 1. The number of rotatable bonds is 4. The molecule has 0 radical (unpaired) electrons. The highest BCUT2D eigenvalue weighted by Gasteiger charge is 2.39. The molecule has 2 heterocycles. The van der Waals surface area contributed by atoms with Gasteiger partial charge in [-0.3, -0.25) is 14.9 Å². The lowest BCUT2D eigenvalue weighted by molar-refractivity contribution is -0.384. The smallest absolute Gasteiger partial charge is 0.269 e. The zero-order chi connectivity index (χ0) is 19.8. The number of thioether (sulfide) groups is 1. The lowest BCUT2D eigenvalue weighted by Crippen LogP contribution is -2.37. The van der Waals surface area contributed by atoms with Crippen LogP contribution in [0, 0.1) is 10.1 Å². The third-order valence-corrected chi connectivity index (χ3v) is 5.52. The molecule has 0 aliphatic carbocycles. The van der Waals surface area contributed by atoms with Crippen molar-refractivity contribution in [1.82, 2.24) is 4.90 Å². The summed E-state index contributed by atoms with van der Waals surface area (Å²) in [6.45, 7) is 1.78. The second-order valence-electron chi connectivity index (χ2n) is 6.37. The molecule has 0 unspecified atom stereocenters. The van der Waals surface area contributed by atoms with Gasteiger partial charge in [0, 0.05) is 17.5 Å². The molecule has 1 amide bonds. The van der Waals surface area contributed by atoms with Gasteiger partial charge in [-0.25, -0.2) is 4.99 Å². The zero-order valence-electron chi connectivity index (χ0n) is 14.9. The summed E-state index contributed by atoms with van der Waals surface area (Å²) < 4.78 is 0. The molecule has 28 heavy (non-hydrogen) atoms. The van der Waals surface area contributed by atoms with Gasteiger partial charge in [0.25, 0.3) is 5.69 Å². The number of primary amides is 1. The number of nitrogens with zero attached hydrogens (tertiary/aromatic N) is 3. The lowest BCUT2D eigenvalue weighted by Gasteiger charge is -2.36. The maximum Gasteiger partial charge on any atom is 0.269 e. The summed E-state index contributed by atoms with van der Waals surface area (Å²) in [6.07, 6.45) is 0. The van der Waals surface area contributed by atoms with Crippen molar-refractivity contribution in [2.45, 2.75) is 13.0 Å². The average molecular weight is 392 g/mol. The Hall–Kier alpha value is -3.39. The molecule has 0 saturated heterocycles. The predicted octanol–water partition coefficient (Wildman–Crippen LogP) is 3.81. The fourth-order valence-electron chi connectivity index (χ4n) is 3.41. The number of fused-ring (bicyclic) bond motifs is 1. The highest BCUT2D eigenvalue weighted by Crippen LogP contribution is 2.46. The number of hydrogen-bond donors (Lipinski definition) is 1. The van der Waals surface area contributed by atoms with E-state index in [1.54, 1.807) is 19.1 Å². The third-order valence-electron chi connectivity index (χ3n) is 4.68. The predicted molar refractivity (Wildman–Crippen MR) is 109 cm³/mol. The highest BCUT2D eigenvalue weighted by atomic mass is 32.2. The number of nitrogens with two attached hydrogens (primary N) is 1. The van der Waals surface area contributed by atoms with Crippen LogP contribution in [0.2, 0.25) is 0 Å². The van der Waals surface area contributed by atoms with Gasteiger partial charge in [0.1, 0.15) is 0 Å². The minimum absolute atomic E-state index is 0.0238. The molecule has 0 fully saturated rings. The van der Waals surface area contributed by atoms with Crippen LogP contribution in [0.3, 0.4) is 0 Å². The Morgan fingerprint density at radius 2 is 1.86 bits per heavy atom. The molecule has 2 aliphatic rings. The number of carbonyl (C=O) groups is 1. The Labute approximate surface area is 165 Å². The highest BCUT2D eigenvalue weighted by molar-refractivity contribution is 8.16. The van der Waals surface area contributed by atoms with Crippen molar-refractivity contribution in [1.29, 1.82) is 0 Å². The van der Waals surface area contributed by atoms with E-state index >= 15 is 0 Å². The summed E-state index contributed by atoms with van der Waals surface area (Å²) >= 11 is 1.45. The molecule has 0 bridgehead atoms. The van der Waals surface area contributed by atoms with Crippen molar-refractivity contribution in [2.24, 2.45) is 10.7 Å². The van der Waals surface area contributed by atoms with Crippen LogP contribution in [0.25, 0.3) is 5.70 Å². The Morgan fingerprint density at radius 3 is 2.46 bits per heavy atom. The monoisotopic (exact) mass is 392 g/mol. The van der Waals surface area contributed by atoms with Crippen molar-refractivity contribution in [3.8, 4) is 0 Å². The van der Waals surface area contributed by atoms with Crippen molar-refractivity contribution in [3.05, 3.63) is 92.5 Å². The molecule has 2 aromatic rings. The molecule has 2 aromatic carbocycles. The standard InChI is InChI=1S/C20H16N4O3S/c1-12-17(19(21)25)18(14-5-3-2-4-6-14)23-16(11-28-20(23)22-12)13-7-9-15(10-8-13)24(26)27/h2-11,18H,1H3,(H2,21,25)/t18-/m1/s1.